The number of hydrogen-bond donors (Lipinski definition) is 0. The summed E-state index contributed by atoms with van der Waals surface area (Å²) in [6.07, 6.45) is 0. The van der Waals surface area contributed by atoms with E-state index >= 15 is 0 Å². The lowest BCUT2D eigenvalue weighted by Crippen LogP contribution is -2.72. The maximum Gasteiger partial charge on any atom is 0.524 e. The molecule has 0 aromatic rings. The summed E-state index contributed by atoms with van der Waals surface area (Å²) in [4.78, 5) is 0. The summed E-state index contributed by atoms with van der Waals surface area (Å²) in [5.74, 6) is 0. The van der Waals surface area contributed by atoms with Gasteiger partial charge in [0.1, 0.15) is 0 Å². The standard InChI is InChI=1S/C14H30N2O2Si/c1-11-9-17-19(15(11)13(3,4)5)16(14(6,7)8)12(2)10-18-19/h11-12H,9-10H2,1-8H3. The SMILES string of the molecule is CC1CO[Si]2(OCC(C)N2C(C)(C)C)N1C(C)(C)C. The summed E-state index contributed by atoms with van der Waals surface area (Å²) in [7, 11) is -2.46. The fourth-order valence-corrected chi connectivity index (χ4v) is 8.52. The average Bonchev–Trinajstić information content (AvgIpc) is 2.67. The Balaban J connectivity index is 2.45. The van der Waals surface area contributed by atoms with Crippen LogP contribution in [0.25, 0.3) is 0 Å². The molecule has 2 fully saturated rings. The van der Waals surface area contributed by atoms with Gasteiger partial charge in [-0.05, 0) is 55.4 Å². The lowest BCUT2D eigenvalue weighted by atomic mass is 10.1. The molecule has 0 radical (unpaired) electrons. The fraction of sp³-hybridized carbons (Fsp3) is 1.00. The zero-order valence-electron chi connectivity index (χ0n) is 13.8. The van der Waals surface area contributed by atoms with E-state index < -0.39 is 8.88 Å². The van der Waals surface area contributed by atoms with Crippen molar-refractivity contribution in [2.75, 3.05) is 13.2 Å². The second-order valence-corrected chi connectivity index (χ2v) is 10.6. The van der Waals surface area contributed by atoms with Gasteiger partial charge in [-0.25, -0.2) is 0 Å². The normalized spacial score (nSPS) is 38.5. The van der Waals surface area contributed by atoms with Crippen LogP contribution >= 0.6 is 0 Å². The first-order valence-corrected chi connectivity index (χ1v) is 9.08. The third-order valence-electron chi connectivity index (χ3n) is 3.96. The fourth-order valence-electron chi connectivity index (χ4n) is 3.77. The first-order chi connectivity index (χ1) is 8.50. The van der Waals surface area contributed by atoms with Crippen LogP contribution in [-0.4, -0.2) is 54.4 Å². The van der Waals surface area contributed by atoms with Gasteiger partial charge >= 0.3 is 8.88 Å². The van der Waals surface area contributed by atoms with E-state index in [2.05, 4.69) is 64.5 Å². The first kappa shape index (κ1) is 15.4. The van der Waals surface area contributed by atoms with E-state index in [1.165, 1.54) is 0 Å². The monoisotopic (exact) mass is 286 g/mol. The van der Waals surface area contributed by atoms with Crippen LogP contribution in [0.3, 0.4) is 0 Å². The molecule has 2 saturated heterocycles. The molecule has 0 aliphatic carbocycles. The van der Waals surface area contributed by atoms with Gasteiger partial charge < -0.3 is 8.85 Å². The topological polar surface area (TPSA) is 24.9 Å². The third kappa shape index (κ3) is 2.40. The summed E-state index contributed by atoms with van der Waals surface area (Å²) < 4.78 is 17.7. The minimum absolute atomic E-state index is 0.0652. The summed E-state index contributed by atoms with van der Waals surface area (Å²) >= 11 is 0. The lowest BCUT2D eigenvalue weighted by molar-refractivity contribution is 0.0999. The summed E-state index contributed by atoms with van der Waals surface area (Å²) in [5.41, 5.74) is 0.130. The minimum Gasteiger partial charge on any atom is -0.369 e. The Kier molecular flexibility index (Phi) is 3.68. The molecule has 112 valence electrons. The molecule has 2 unspecified atom stereocenters. The van der Waals surface area contributed by atoms with Crippen LogP contribution in [0, 0.1) is 0 Å². The van der Waals surface area contributed by atoms with Gasteiger partial charge in [0, 0.05) is 23.2 Å². The van der Waals surface area contributed by atoms with Crippen LogP contribution in [0.1, 0.15) is 55.4 Å². The molecule has 0 bridgehead atoms. The quantitative estimate of drug-likeness (QED) is 0.639. The van der Waals surface area contributed by atoms with E-state index in [1.807, 2.05) is 0 Å². The number of hydrogen-bond acceptors (Lipinski definition) is 4. The Morgan fingerprint density at radius 3 is 1.37 bits per heavy atom. The van der Waals surface area contributed by atoms with Gasteiger partial charge in [-0.2, -0.15) is 0 Å². The van der Waals surface area contributed by atoms with Crippen molar-refractivity contribution in [3.8, 4) is 0 Å². The molecule has 0 amide bonds. The Labute approximate surface area is 119 Å². The lowest BCUT2D eigenvalue weighted by Gasteiger charge is -2.49. The van der Waals surface area contributed by atoms with Crippen LogP contribution < -0.4 is 0 Å². The maximum atomic E-state index is 6.33. The van der Waals surface area contributed by atoms with Gasteiger partial charge in [-0.1, -0.05) is 0 Å². The highest BCUT2D eigenvalue weighted by molar-refractivity contribution is 6.63. The van der Waals surface area contributed by atoms with Crippen molar-refractivity contribution in [2.24, 2.45) is 0 Å². The smallest absolute Gasteiger partial charge is 0.369 e. The first-order valence-electron chi connectivity index (χ1n) is 7.37. The van der Waals surface area contributed by atoms with E-state index in [9.17, 15) is 0 Å². The summed E-state index contributed by atoms with van der Waals surface area (Å²) in [5, 5.41) is 0. The van der Waals surface area contributed by atoms with Crippen molar-refractivity contribution in [3.05, 3.63) is 0 Å². The molecule has 2 heterocycles. The third-order valence-corrected chi connectivity index (χ3v) is 8.49. The molecule has 0 saturated carbocycles. The minimum atomic E-state index is -2.46. The highest BCUT2D eigenvalue weighted by Gasteiger charge is 2.67. The second-order valence-electron chi connectivity index (χ2n) is 7.95. The van der Waals surface area contributed by atoms with Gasteiger partial charge in [-0.3, -0.25) is 9.13 Å². The molecular formula is C14H30N2O2Si. The zero-order valence-corrected chi connectivity index (χ0v) is 14.8. The van der Waals surface area contributed by atoms with Crippen molar-refractivity contribution in [1.29, 1.82) is 0 Å². The van der Waals surface area contributed by atoms with E-state index in [0.717, 1.165) is 13.2 Å². The van der Waals surface area contributed by atoms with Crippen LogP contribution in [0.2, 0.25) is 0 Å². The van der Waals surface area contributed by atoms with Crippen molar-refractivity contribution in [2.45, 2.75) is 78.6 Å². The summed E-state index contributed by atoms with van der Waals surface area (Å²) in [6.45, 7) is 19.6. The predicted molar refractivity (Wildman–Crippen MR) is 79.8 cm³/mol. The molecular weight excluding hydrogens is 256 g/mol. The van der Waals surface area contributed by atoms with Gasteiger partial charge in [0.15, 0.2) is 0 Å². The van der Waals surface area contributed by atoms with Gasteiger partial charge in [0.05, 0.1) is 13.2 Å². The molecule has 0 N–H and O–H groups in total. The van der Waals surface area contributed by atoms with Crippen LogP contribution in [0.5, 0.6) is 0 Å². The van der Waals surface area contributed by atoms with Crippen LogP contribution in [-0.2, 0) is 8.85 Å². The Hall–Kier alpha value is 0.0569. The average molecular weight is 286 g/mol. The molecule has 5 heteroatoms. The van der Waals surface area contributed by atoms with Crippen molar-refractivity contribution in [3.63, 3.8) is 0 Å². The van der Waals surface area contributed by atoms with E-state index in [4.69, 9.17) is 8.85 Å². The molecule has 19 heavy (non-hydrogen) atoms. The van der Waals surface area contributed by atoms with Gasteiger partial charge in [-0.15, -0.1) is 0 Å². The Morgan fingerprint density at radius 2 is 1.11 bits per heavy atom. The maximum absolute atomic E-state index is 6.33. The van der Waals surface area contributed by atoms with Crippen LogP contribution in [0.15, 0.2) is 0 Å². The number of rotatable bonds is 0. The van der Waals surface area contributed by atoms with E-state index in [0.29, 0.717) is 12.1 Å². The van der Waals surface area contributed by atoms with E-state index in [1.54, 1.807) is 0 Å². The molecule has 1 spiro atoms. The summed E-state index contributed by atoms with van der Waals surface area (Å²) in [6, 6.07) is 0.837. The highest BCUT2D eigenvalue weighted by Crippen LogP contribution is 2.42. The van der Waals surface area contributed by atoms with Gasteiger partial charge in [0.2, 0.25) is 0 Å². The molecule has 4 nitrogen and oxygen atoms in total. The molecule has 0 aromatic heterocycles. The molecule has 2 rings (SSSR count). The van der Waals surface area contributed by atoms with E-state index in [-0.39, 0.29) is 11.1 Å². The Bertz CT molecular complexity index is 314. The largest absolute Gasteiger partial charge is 0.524 e. The van der Waals surface area contributed by atoms with Crippen molar-refractivity contribution in [1.82, 2.24) is 9.13 Å². The zero-order chi connectivity index (χ0) is 14.6. The van der Waals surface area contributed by atoms with Crippen LogP contribution in [0.4, 0.5) is 0 Å². The number of nitrogens with zero attached hydrogens (tertiary/aromatic N) is 2. The van der Waals surface area contributed by atoms with Crippen molar-refractivity contribution >= 4 is 8.88 Å². The molecule has 2 aliphatic rings. The van der Waals surface area contributed by atoms with Crippen molar-refractivity contribution < 1.29 is 8.85 Å². The molecule has 2 aliphatic heterocycles. The Morgan fingerprint density at radius 1 is 0.789 bits per heavy atom. The highest BCUT2D eigenvalue weighted by atomic mass is 28.4. The second kappa shape index (κ2) is 4.53. The predicted octanol–water partition coefficient (Wildman–Crippen LogP) is 2.46. The van der Waals surface area contributed by atoms with Gasteiger partial charge in [0.25, 0.3) is 0 Å². The molecule has 2 atom stereocenters. The molecule has 0 aromatic carbocycles.